The third-order valence-electron chi connectivity index (χ3n) is 1.72. The summed E-state index contributed by atoms with van der Waals surface area (Å²) in [7, 11) is 0. The van der Waals surface area contributed by atoms with E-state index in [9.17, 15) is 13.6 Å². The van der Waals surface area contributed by atoms with Gasteiger partial charge in [0.2, 0.25) is 5.82 Å². The molecular weight excluding hydrogens is 216 g/mol. The summed E-state index contributed by atoms with van der Waals surface area (Å²) in [5.41, 5.74) is -0.453. The Morgan fingerprint density at radius 1 is 1.62 bits per heavy atom. The highest BCUT2D eigenvalue weighted by atomic mass is 19.3. The quantitative estimate of drug-likeness (QED) is 0.797. The number of aromatic nitrogens is 2. The number of allylic oxidation sites excluding steroid dienone is 1. The summed E-state index contributed by atoms with van der Waals surface area (Å²) < 4.78 is 24.6. The summed E-state index contributed by atoms with van der Waals surface area (Å²) in [5.74, 6) is -0.817. The SMILES string of the molecule is C/C=C/CNC(=O)c1nccc(C(F)F)n1. The predicted octanol–water partition coefficient (Wildman–Crippen LogP) is 1.72. The van der Waals surface area contributed by atoms with E-state index < -0.39 is 18.0 Å². The van der Waals surface area contributed by atoms with Crippen LogP contribution in [-0.4, -0.2) is 22.4 Å². The van der Waals surface area contributed by atoms with Crippen molar-refractivity contribution in [3.05, 3.63) is 35.9 Å². The highest BCUT2D eigenvalue weighted by Gasteiger charge is 2.13. The van der Waals surface area contributed by atoms with Crippen molar-refractivity contribution in [2.45, 2.75) is 13.3 Å². The van der Waals surface area contributed by atoms with E-state index in [1.807, 2.05) is 0 Å². The van der Waals surface area contributed by atoms with Gasteiger partial charge >= 0.3 is 0 Å². The highest BCUT2D eigenvalue weighted by molar-refractivity contribution is 5.90. The molecule has 0 spiro atoms. The van der Waals surface area contributed by atoms with E-state index >= 15 is 0 Å². The summed E-state index contributed by atoms with van der Waals surface area (Å²) >= 11 is 0. The van der Waals surface area contributed by atoms with Crippen molar-refractivity contribution in [3.63, 3.8) is 0 Å². The summed E-state index contributed by atoms with van der Waals surface area (Å²) in [4.78, 5) is 18.5. The lowest BCUT2D eigenvalue weighted by molar-refractivity contribution is 0.0945. The lowest BCUT2D eigenvalue weighted by atomic mass is 10.4. The van der Waals surface area contributed by atoms with Crippen LogP contribution in [0, 0.1) is 0 Å². The zero-order chi connectivity index (χ0) is 12.0. The van der Waals surface area contributed by atoms with E-state index in [4.69, 9.17) is 0 Å². The minimum absolute atomic E-state index is 0.248. The first kappa shape index (κ1) is 12.2. The van der Waals surface area contributed by atoms with Gasteiger partial charge in [-0.1, -0.05) is 12.2 Å². The maximum atomic E-state index is 12.3. The van der Waals surface area contributed by atoms with Crippen LogP contribution in [0.25, 0.3) is 0 Å². The molecule has 1 amide bonds. The number of hydrogen-bond donors (Lipinski definition) is 1. The van der Waals surface area contributed by atoms with Crippen LogP contribution in [0.5, 0.6) is 0 Å². The molecule has 0 unspecified atom stereocenters. The van der Waals surface area contributed by atoms with Crippen LogP contribution < -0.4 is 5.32 Å². The molecule has 0 aliphatic rings. The number of halogens is 2. The number of rotatable bonds is 4. The molecule has 0 radical (unpaired) electrons. The summed E-state index contributed by atoms with van der Waals surface area (Å²) in [6, 6.07) is 1.08. The van der Waals surface area contributed by atoms with Gasteiger partial charge in [-0.2, -0.15) is 0 Å². The fourth-order valence-electron chi connectivity index (χ4n) is 0.952. The minimum atomic E-state index is -2.70. The van der Waals surface area contributed by atoms with Crippen molar-refractivity contribution in [1.29, 1.82) is 0 Å². The Morgan fingerprint density at radius 2 is 2.38 bits per heavy atom. The van der Waals surface area contributed by atoms with E-state index in [1.165, 1.54) is 0 Å². The van der Waals surface area contributed by atoms with Gasteiger partial charge in [0.15, 0.2) is 0 Å². The van der Waals surface area contributed by atoms with Gasteiger partial charge in [0, 0.05) is 12.7 Å². The van der Waals surface area contributed by atoms with Gasteiger partial charge < -0.3 is 5.32 Å². The Hall–Kier alpha value is -1.85. The molecule has 1 aromatic heterocycles. The average Bonchev–Trinajstić information content (AvgIpc) is 2.29. The number of hydrogen-bond acceptors (Lipinski definition) is 3. The monoisotopic (exact) mass is 227 g/mol. The van der Waals surface area contributed by atoms with Gasteiger partial charge in [0.1, 0.15) is 5.69 Å². The van der Waals surface area contributed by atoms with Crippen LogP contribution in [0.3, 0.4) is 0 Å². The number of amides is 1. The molecule has 0 atom stereocenters. The van der Waals surface area contributed by atoms with Gasteiger partial charge in [-0.3, -0.25) is 4.79 Å². The van der Waals surface area contributed by atoms with Gasteiger partial charge in [-0.05, 0) is 13.0 Å². The summed E-state index contributed by atoms with van der Waals surface area (Å²) in [6.07, 6.45) is 1.91. The number of carbonyl (C=O) groups excluding carboxylic acids is 1. The normalized spacial score (nSPS) is 11.0. The first-order valence-corrected chi connectivity index (χ1v) is 4.65. The first-order chi connectivity index (χ1) is 7.65. The molecule has 0 aliphatic carbocycles. The van der Waals surface area contributed by atoms with Crippen molar-refractivity contribution < 1.29 is 13.6 Å². The molecule has 1 N–H and O–H groups in total. The van der Waals surface area contributed by atoms with E-state index in [2.05, 4.69) is 15.3 Å². The lowest BCUT2D eigenvalue weighted by Gasteiger charge is -2.02. The number of nitrogens with one attached hydrogen (secondary N) is 1. The molecule has 0 bridgehead atoms. The van der Waals surface area contributed by atoms with Crippen molar-refractivity contribution in [2.24, 2.45) is 0 Å². The molecule has 0 aliphatic heterocycles. The Kier molecular flexibility index (Phi) is 4.50. The van der Waals surface area contributed by atoms with Gasteiger partial charge in [0.25, 0.3) is 12.3 Å². The number of alkyl halides is 2. The Labute approximate surface area is 91.4 Å². The second kappa shape index (κ2) is 5.89. The Balaban J connectivity index is 2.72. The van der Waals surface area contributed by atoms with Crippen LogP contribution in [0.15, 0.2) is 24.4 Å². The fourth-order valence-corrected chi connectivity index (χ4v) is 0.952. The zero-order valence-corrected chi connectivity index (χ0v) is 8.65. The molecular formula is C10H11F2N3O. The van der Waals surface area contributed by atoms with Crippen molar-refractivity contribution >= 4 is 5.91 Å². The standard InChI is InChI=1S/C10H11F2N3O/c1-2-3-5-14-10(16)9-13-6-4-7(15-9)8(11)12/h2-4,6,8H,5H2,1H3,(H,14,16)/b3-2+. The maximum absolute atomic E-state index is 12.3. The molecule has 6 heteroatoms. The fraction of sp³-hybridized carbons (Fsp3) is 0.300. The topological polar surface area (TPSA) is 54.9 Å². The molecule has 0 aromatic carbocycles. The highest BCUT2D eigenvalue weighted by Crippen LogP contribution is 2.14. The van der Waals surface area contributed by atoms with Crippen LogP contribution in [0.1, 0.15) is 29.7 Å². The van der Waals surface area contributed by atoms with Gasteiger partial charge in [-0.25, -0.2) is 18.7 Å². The molecule has 1 heterocycles. The molecule has 86 valence electrons. The minimum Gasteiger partial charge on any atom is -0.346 e. The van der Waals surface area contributed by atoms with Crippen molar-refractivity contribution in [2.75, 3.05) is 6.54 Å². The second-order valence-electron chi connectivity index (χ2n) is 2.88. The van der Waals surface area contributed by atoms with E-state index in [0.29, 0.717) is 6.54 Å². The maximum Gasteiger partial charge on any atom is 0.289 e. The molecule has 16 heavy (non-hydrogen) atoms. The molecule has 0 saturated carbocycles. The van der Waals surface area contributed by atoms with Crippen molar-refractivity contribution in [1.82, 2.24) is 15.3 Å². The Morgan fingerprint density at radius 3 is 3.00 bits per heavy atom. The molecule has 0 fully saturated rings. The van der Waals surface area contributed by atoms with Crippen LogP contribution >= 0.6 is 0 Å². The zero-order valence-electron chi connectivity index (χ0n) is 8.65. The number of carbonyl (C=O) groups is 1. The molecule has 1 aromatic rings. The summed E-state index contributed by atoms with van der Waals surface area (Å²) in [5, 5.41) is 2.47. The van der Waals surface area contributed by atoms with E-state index in [0.717, 1.165) is 12.3 Å². The molecule has 0 saturated heterocycles. The van der Waals surface area contributed by atoms with Crippen LogP contribution in [0.4, 0.5) is 8.78 Å². The Bertz CT molecular complexity index is 393. The largest absolute Gasteiger partial charge is 0.346 e. The smallest absolute Gasteiger partial charge is 0.289 e. The lowest BCUT2D eigenvalue weighted by Crippen LogP contribution is -2.25. The van der Waals surface area contributed by atoms with Crippen LogP contribution in [0.2, 0.25) is 0 Å². The van der Waals surface area contributed by atoms with E-state index in [-0.39, 0.29) is 5.82 Å². The first-order valence-electron chi connectivity index (χ1n) is 4.65. The molecule has 1 rings (SSSR count). The van der Waals surface area contributed by atoms with Gasteiger partial charge in [0.05, 0.1) is 0 Å². The van der Waals surface area contributed by atoms with Crippen LogP contribution in [-0.2, 0) is 0 Å². The molecule has 4 nitrogen and oxygen atoms in total. The third-order valence-corrected chi connectivity index (χ3v) is 1.72. The van der Waals surface area contributed by atoms with Crippen molar-refractivity contribution in [3.8, 4) is 0 Å². The van der Waals surface area contributed by atoms with Gasteiger partial charge in [-0.15, -0.1) is 0 Å². The third kappa shape index (κ3) is 3.38. The summed E-state index contributed by atoms with van der Waals surface area (Å²) in [6.45, 7) is 2.12. The average molecular weight is 227 g/mol. The second-order valence-corrected chi connectivity index (χ2v) is 2.88. The predicted molar refractivity (Wildman–Crippen MR) is 54.1 cm³/mol. The van der Waals surface area contributed by atoms with E-state index in [1.54, 1.807) is 19.1 Å². The number of nitrogens with zero attached hydrogens (tertiary/aromatic N) is 2.